The fraction of sp³-hybridized carbons (Fsp3) is 0.250. The van der Waals surface area contributed by atoms with Gasteiger partial charge in [-0.05, 0) is 37.6 Å². The highest BCUT2D eigenvalue weighted by atomic mass is 16.3. The van der Waals surface area contributed by atoms with Crippen LogP contribution in [0.4, 0.5) is 0 Å². The van der Waals surface area contributed by atoms with Gasteiger partial charge >= 0.3 is 0 Å². The van der Waals surface area contributed by atoms with Crippen molar-refractivity contribution in [1.82, 2.24) is 10.6 Å². The first-order valence-electron chi connectivity index (χ1n) is 7.14. The first kappa shape index (κ1) is 18.1. The molecule has 7 nitrogen and oxygen atoms in total. The van der Waals surface area contributed by atoms with Gasteiger partial charge in [-0.25, -0.2) is 4.99 Å². The van der Waals surface area contributed by atoms with Crippen molar-refractivity contribution in [3.63, 3.8) is 0 Å². The molecule has 7 heteroatoms. The van der Waals surface area contributed by atoms with E-state index in [-0.39, 0.29) is 23.0 Å². The summed E-state index contributed by atoms with van der Waals surface area (Å²) in [5.41, 5.74) is 6.65. The number of nitrogens with zero attached hydrogens (tertiary/aromatic N) is 1. The van der Waals surface area contributed by atoms with Gasteiger partial charge < -0.3 is 26.6 Å². The highest BCUT2D eigenvalue weighted by Crippen LogP contribution is 2.24. The normalized spacial score (nSPS) is 11.9. The Morgan fingerprint density at radius 1 is 1.30 bits per heavy atom. The van der Waals surface area contributed by atoms with Crippen LogP contribution in [0, 0.1) is 0 Å². The van der Waals surface area contributed by atoms with Crippen LogP contribution >= 0.6 is 0 Å². The second-order valence-corrected chi connectivity index (χ2v) is 4.63. The summed E-state index contributed by atoms with van der Waals surface area (Å²) in [5, 5.41) is 24.4. The first-order valence-corrected chi connectivity index (χ1v) is 7.14. The van der Waals surface area contributed by atoms with Crippen LogP contribution in [0.15, 0.2) is 47.4 Å². The summed E-state index contributed by atoms with van der Waals surface area (Å²) in [7, 11) is 0. The van der Waals surface area contributed by atoms with Crippen molar-refractivity contribution < 1.29 is 15.0 Å². The number of nitrogens with two attached hydrogens (primary N) is 1. The molecule has 0 atom stereocenters. The Kier molecular flexibility index (Phi) is 7.19. The molecular formula is C16H22N4O3. The van der Waals surface area contributed by atoms with Gasteiger partial charge in [-0.2, -0.15) is 0 Å². The van der Waals surface area contributed by atoms with Crippen molar-refractivity contribution in [1.29, 1.82) is 0 Å². The predicted octanol–water partition coefficient (Wildman–Crippen LogP) is 1.21. The van der Waals surface area contributed by atoms with Crippen molar-refractivity contribution >= 4 is 12.1 Å². The molecule has 0 bridgehead atoms. The number of carbonyl (C=O) groups is 1. The molecular weight excluding hydrogens is 296 g/mol. The number of benzene rings is 1. The molecule has 0 spiro atoms. The number of rotatable bonds is 8. The van der Waals surface area contributed by atoms with Crippen LogP contribution in [-0.2, 0) is 0 Å². The SMILES string of the molecule is C=C/C(NCCCNC(=O)c1ccc(O)c(O)c1)=C(N)\N=C/C. The van der Waals surface area contributed by atoms with Gasteiger partial charge in [-0.3, -0.25) is 4.79 Å². The van der Waals surface area contributed by atoms with Crippen molar-refractivity contribution in [3.05, 3.63) is 47.9 Å². The van der Waals surface area contributed by atoms with Crippen molar-refractivity contribution in [2.24, 2.45) is 10.7 Å². The van der Waals surface area contributed by atoms with Gasteiger partial charge in [0.05, 0.1) is 5.70 Å². The van der Waals surface area contributed by atoms with Crippen molar-refractivity contribution in [2.75, 3.05) is 13.1 Å². The third-order valence-corrected chi connectivity index (χ3v) is 2.94. The highest BCUT2D eigenvalue weighted by Gasteiger charge is 2.08. The second kappa shape index (κ2) is 9.14. The Labute approximate surface area is 135 Å². The molecule has 0 aromatic heterocycles. The highest BCUT2D eigenvalue weighted by molar-refractivity contribution is 5.94. The molecule has 0 saturated heterocycles. The van der Waals surface area contributed by atoms with Gasteiger partial charge in [-0.1, -0.05) is 6.58 Å². The van der Waals surface area contributed by atoms with Gasteiger partial charge in [0.2, 0.25) is 0 Å². The molecule has 0 aliphatic rings. The minimum absolute atomic E-state index is 0.262. The molecule has 1 aromatic rings. The Morgan fingerprint density at radius 3 is 2.61 bits per heavy atom. The summed E-state index contributed by atoms with van der Waals surface area (Å²) in [4.78, 5) is 15.8. The smallest absolute Gasteiger partial charge is 0.251 e. The van der Waals surface area contributed by atoms with Crippen LogP contribution in [0.5, 0.6) is 11.5 Å². The lowest BCUT2D eigenvalue weighted by Crippen LogP contribution is -2.27. The van der Waals surface area contributed by atoms with E-state index in [4.69, 9.17) is 5.73 Å². The Balaban J connectivity index is 2.39. The third kappa shape index (κ3) is 5.74. The number of hydrogen-bond acceptors (Lipinski definition) is 6. The molecule has 1 amide bonds. The second-order valence-electron chi connectivity index (χ2n) is 4.63. The number of amides is 1. The number of phenolic OH excluding ortho intramolecular Hbond substituents is 2. The van der Waals surface area contributed by atoms with Crippen LogP contribution in [0.2, 0.25) is 0 Å². The average Bonchev–Trinajstić information content (AvgIpc) is 2.53. The van der Waals surface area contributed by atoms with Crippen LogP contribution in [0.3, 0.4) is 0 Å². The minimum atomic E-state index is -0.327. The van der Waals surface area contributed by atoms with Crippen LogP contribution in [0.25, 0.3) is 0 Å². The largest absolute Gasteiger partial charge is 0.504 e. The molecule has 0 unspecified atom stereocenters. The van der Waals surface area contributed by atoms with Crippen LogP contribution in [-0.4, -0.2) is 35.4 Å². The molecule has 1 rings (SSSR count). The topological polar surface area (TPSA) is 120 Å². The Bertz CT molecular complexity index is 624. The van der Waals surface area contributed by atoms with Gasteiger partial charge in [0.25, 0.3) is 5.91 Å². The number of aromatic hydroxyl groups is 2. The van der Waals surface area contributed by atoms with Gasteiger partial charge in [0.15, 0.2) is 11.5 Å². The number of hydrogen-bond donors (Lipinski definition) is 5. The standard InChI is InChI=1S/C16H22N4O3/c1-3-12(15(17)18-4-2)19-8-5-9-20-16(23)11-6-7-13(21)14(22)10-11/h3-4,6-7,10,19,21-22H,1,5,8-9,17H2,2H3,(H,20,23)/b15-12+,18-4-. The molecule has 0 radical (unpaired) electrons. The summed E-state index contributed by atoms with van der Waals surface area (Å²) in [6.45, 7) is 6.45. The zero-order valence-corrected chi connectivity index (χ0v) is 13.0. The first-order chi connectivity index (χ1) is 11.0. The summed E-state index contributed by atoms with van der Waals surface area (Å²) >= 11 is 0. The van der Waals surface area contributed by atoms with E-state index in [1.54, 1.807) is 19.2 Å². The lowest BCUT2D eigenvalue weighted by Gasteiger charge is -2.09. The summed E-state index contributed by atoms with van der Waals surface area (Å²) in [5.74, 6) is -0.560. The van der Waals surface area contributed by atoms with E-state index in [1.165, 1.54) is 18.2 Å². The lowest BCUT2D eigenvalue weighted by molar-refractivity contribution is 0.0953. The molecule has 23 heavy (non-hydrogen) atoms. The predicted molar refractivity (Wildman–Crippen MR) is 90.3 cm³/mol. The van der Waals surface area contributed by atoms with E-state index in [2.05, 4.69) is 22.2 Å². The summed E-state index contributed by atoms with van der Waals surface area (Å²) in [6, 6.07) is 3.92. The van der Waals surface area contributed by atoms with E-state index >= 15 is 0 Å². The van der Waals surface area contributed by atoms with Gasteiger partial charge in [0, 0.05) is 24.9 Å². The Hall–Kier alpha value is -2.96. The third-order valence-electron chi connectivity index (χ3n) is 2.94. The fourth-order valence-electron chi connectivity index (χ4n) is 1.76. The molecule has 124 valence electrons. The number of phenols is 2. The van der Waals surface area contributed by atoms with Crippen LogP contribution in [0.1, 0.15) is 23.7 Å². The van der Waals surface area contributed by atoms with E-state index in [1.807, 2.05) is 0 Å². The number of aliphatic imine (C=N–C) groups is 1. The average molecular weight is 318 g/mol. The molecule has 0 fully saturated rings. The van der Waals surface area contributed by atoms with E-state index in [0.717, 1.165) is 0 Å². The van der Waals surface area contributed by atoms with Crippen molar-refractivity contribution in [2.45, 2.75) is 13.3 Å². The van der Waals surface area contributed by atoms with E-state index < -0.39 is 0 Å². The van der Waals surface area contributed by atoms with E-state index in [9.17, 15) is 15.0 Å². The quantitative estimate of drug-likeness (QED) is 0.214. The lowest BCUT2D eigenvalue weighted by atomic mass is 10.2. The van der Waals surface area contributed by atoms with Gasteiger partial charge in [0.1, 0.15) is 5.82 Å². The van der Waals surface area contributed by atoms with Gasteiger partial charge in [-0.15, -0.1) is 0 Å². The molecule has 6 N–H and O–H groups in total. The summed E-state index contributed by atoms with van der Waals surface area (Å²) < 4.78 is 0. The zero-order valence-electron chi connectivity index (χ0n) is 13.0. The zero-order chi connectivity index (χ0) is 17.2. The number of nitrogens with one attached hydrogen (secondary N) is 2. The maximum atomic E-state index is 11.9. The van der Waals surface area contributed by atoms with Crippen LogP contribution < -0.4 is 16.4 Å². The molecule has 1 aromatic carbocycles. The molecule has 0 aliphatic heterocycles. The molecule has 0 saturated carbocycles. The monoisotopic (exact) mass is 318 g/mol. The van der Waals surface area contributed by atoms with Crippen molar-refractivity contribution in [3.8, 4) is 11.5 Å². The fourth-order valence-corrected chi connectivity index (χ4v) is 1.76. The summed E-state index contributed by atoms with van der Waals surface area (Å²) in [6.07, 6.45) is 3.84. The maximum absolute atomic E-state index is 11.9. The Morgan fingerprint density at radius 2 is 2.00 bits per heavy atom. The molecule has 0 aliphatic carbocycles. The van der Waals surface area contributed by atoms with E-state index in [0.29, 0.717) is 31.0 Å². The molecule has 0 heterocycles. The number of carbonyl (C=O) groups excluding carboxylic acids is 1. The maximum Gasteiger partial charge on any atom is 0.251 e. The number of allylic oxidation sites excluding steroid dienone is 1. The minimum Gasteiger partial charge on any atom is -0.504 e.